The van der Waals surface area contributed by atoms with Crippen molar-refractivity contribution in [1.82, 2.24) is 0 Å². The van der Waals surface area contributed by atoms with Gasteiger partial charge in [-0.15, -0.1) is 0 Å². The highest BCUT2D eigenvalue weighted by atomic mass is 16.6. The van der Waals surface area contributed by atoms with Gasteiger partial charge >= 0.3 is 5.97 Å². The van der Waals surface area contributed by atoms with Crippen molar-refractivity contribution >= 4 is 5.97 Å². The van der Waals surface area contributed by atoms with Crippen LogP contribution in [0.25, 0.3) is 0 Å². The summed E-state index contributed by atoms with van der Waals surface area (Å²) < 4.78 is 15.1. The predicted molar refractivity (Wildman–Crippen MR) is 59.6 cm³/mol. The van der Waals surface area contributed by atoms with Gasteiger partial charge in [0.1, 0.15) is 24.7 Å². The summed E-state index contributed by atoms with van der Waals surface area (Å²) in [5.41, 5.74) is 0. The SMILES string of the molecule is C=CC(=O)OCCOc1cccc(OC)c1. The molecule has 0 N–H and O–H groups in total. The molecule has 4 heteroatoms. The van der Waals surface area contributed by atoms with Crippen molar-refractivity contribution in [3.63, 3.8) is 0 Å². The van der Waals surface area contributed by atoms with E-state index in [0.717, 1.165) is 11.8 Å². The highest BCUT2D eigenvalue weighted by Gasteiger charge is 1.98. The van der Waals surface area contributed by atoms with Gasteiger partial charge in [0.2, 0.25) is 0 Å². The van der Waals surface area contributed by atoms with Gasteiger partial charge in [0.15, 0.2) is 0 Å². The first-order chi connectivity index (χ1) is 7.76. The Balaban J connectivity index is 2.31. The van der Waals surface area contributed by atoms with Crippen LogP contribution in [-0.4, -0.2) is 26.3 Å². The molecule has 0 amide bonds. The van der Waals surface area contributed by atoms with Crippen molar-refractivity contribution in [3.8, 4) is 11.5 Å². The van der Waals surface area contributed by atoms with E-state index in [2.05, 4.69) is 6.58 Å². The molecule has 0 unspecified atom stereocenters. The number of esters is 1. The van der Waals surface area contributed by atoms with E-state index in [1.807, 2.05) is 12.1 Å². The van der Waals surface area contributed by atoms with Gasteiger partial charge in [0, 0.05) is 12.1 Å². The predicted octanol–water partition coefficient (Wildman–Crippen LogP) is 1.80. The maximum atomic E-state index is 10.7. The number of carbonyl (C=O) groups is 1. The minimum atomic E-state index is -0.450. The lowest BCUT2D eigenvalue weighted by Gasteiger charge is -2.07. The maximum Gasteiger partial charge on any atom is 0.330 e. The third-order valence-corrected chi connectivity index (χ3v) is 1.80. The standard InChI is InChI=1S/C12H14O4/c1-3-12(13)16-8-7-15-11-6-4-5-10(9-11)14-2/h3-6,9H,1,7-8H2,2H3. The molecule has 1 aromatic carbocycles. The summed E-state index contributed by atoms with van der Waals surface area (Å²) >= 11 is 0. The second-order valence-electron chi connectivity index (χ2n) is 2.90. The molecule has 0 saturated carbocycles. The van der Waals surface area contributed by atoms with Crippen LogP contribution in [-0.2, 0) is 9.53 Å². The zero-order valence-electron chi connectivity index (χ0n) is 9.14. The fraction of sp³-hybridized carbons (Fsp3) is 0.250. The van der Waals surface area contributed by atoms with Gasteiger partial charge in [-0.25, -0.2) is 4.79 Å². The summed E-state index contributed by atoms with van der Waals surface area (Å²) in [6.07, 6.45) is 1.12. The smallest absolute Gasteiger partial charge is 0.330 e. The van der Waals surface area contributed by atoms with Crippen molar-refractivity contribution < 1.29 is 19.0 Å². The number of rotatable bonds is 6. The van der Waals surface area contributed by atoms with Crippen molar-refractivity contribution in [2.75, 3.05) is 20.3 Å². The molecular formula is C12H14O4. The molecule has 0 fully saturated rings. The monoisotopic (exact) mass is 222 g/mol. The molecule has 0 aromatic heterocycles. The number of benzene rings is 1. The lowest BCUT2D eigenvalue weighted by Crippen LogP contribution is -2.10. The molecular weight excluding hydrogens is 208 g/mol. The third-order valence-electron chi connectivity index (χ3n) is 1.80. The molecule has 0 bridgehead atoms. The number of hydrogen-bond donors (Lipinski definition) is 0. The van der Waals surface area contributed by atoms with E-state index in [9.17, 15) is 4.79 Å². The van der Waals surface area contributed by atoms with Crippen LogP contribution < -0.4 is 9.47 Å². The summed E-state index contributed by atoms with van der Waals surface area (Å²) in [4.78, 5) is 10.7. The first-order valence-electron chi connectivity index (χ1n) is 4.82. The second kappa shape index (κ2) is 6.50. The number of carbonyl (C=O) groups excluding carboxylic acids is 1. The van der Waals surface area contributed by atoms with Gasteiger partial charge in [-0.3, -0.25) is 0 Å². The van der Waals surface area contributed by atoms with Gasteiger partial charge in [0.25, 0.3) is 0 Å². The Labute approximate surface area is 94.4 Å². The fourth-order valence-electron chi connectivity index (χ4n) is 1.05. The Kier molecular flexibility index (Phi) is 4.92. The van der Waals surface area contributed by atoms with Crippen LogP contribution in [0.5, 0.6) is 11.5 Å². The van der Waals surface area contributed by atoms with Crippen molar-refractivity contribution in [2.45, 2.75) is 0 Å². The van der Waals surface area contributed by atoms with Gasteiger partial charge in [-0.2, -0.15) is 0 Å². The van der Waals surface area contributed by atoms with Crippen molar-refractivity contribution in [3.05, 3.63) is 36.9 Å². The van der Waals surface area contributed by atoms with E-state index in [4.69, 9.17) is 14.2 Å². The Morgan fingerprint density at radius 1 is 1.38 bits per heavy atom. The van der Waals surface area contributed by atoms with E-state index in [1.54, 1.807) is 19.2 Å². The van der Waals surface area contributed by atoms with E-state index in [0.29, 0.717) is 12.4 Å². The van der Waals surface area contributed by atoms with Crippen LogP contribution in [0, 0.1) is 0 Å². The van der Waals surface area contributed by atoms with Crippen molar-refractivity contribution in [1.29, 1.82) is 0 Å². The average molecular weight is 222 g/mol. The van der Waals surface area contributed by atoms with E-state index in [1.165, 1.54) is 0 Å². The molecule has 86 valence electrons. The van der Waals surface area contributed by atoms with Gasteiger partial charge < -0.3 is 14.2 Å². The van der Waals surface area contributed by atoms with Crippen LogP contribution in [0.15, 0.2) is 36.9 Å². The molecule has 0 spiro atoms. The lowest BCUT2D eigenvalue weighted by molar-refractivity contribution is -0.138. The second-order valence-corrected chi connectivity index (χ2v) is 2.90. The average Bonchev–Trinajstić information content (AvgIpc) is 2.34. The molecule has 0 saturated heterocycles. The minimum Gasteiger partial charge on any atom is -0.497 e. The lowest BCUT2D eigenvalue weighted by atomic mass is 10.3. The van der Waals surface area contributed by atoms with Gasteiger partial charge in [-0.1, -0.05) is 12.6 Å². The molecule has 4 nitrogen and oxygen atoms in total. The van der Waals surface area contributed by atoms with Crippen LogP contribution in [0.4, 0.5) is 0 Å². The van der Waals surface area contributed by atoms with E-state index in [-0.39, 0.29) is 6.61 Å². The maximum absolute atomic E-state index is 10.7. The van der Waals surface area contributed by atoms with Crippen LogP contribution >= 0.6 is 0 Å². The number of hydrogen-bond acceptors (Lipinski definition) is 4. The summed E-state index contributed by atoms with van der Waals surface area (Å²) in [7, 11) is 1.59. The number of methoxy groups -OCH3 is 1. The molecule has 1 aromatic rings. The van der Waals surface area contributed by atoms with Gasteiger partial charge in [0.05, 0.1) is 7.11 Å². The van der Waals surface area contributed by atoms with Crippen molar-refractivity contribution in [2.24, 2.45) is 0 Å². The normalized spacial score (nSPS) is 9.31. The van der Waals surface area contributed by atoms with Crippen LogP contribution in [0.2, 0.25) is 0 Å². The molecule has 0 heterocycles. The molecule has 0 radical (unpaired) electrons. The molecule has 1 rings (SSSR count). The fourth-order valence-corrected chi connectivity index (χ4v) is 1.05. The Bertz CT molecular complexity index is 360. The van der Waals surface area contributed by atoms with E-state index >= 15 is 0 Å². The third kappa shape index (κ3) is 4.04. The highest BCUT2D eigenvalue weighted by Crippen LogP contribution is 2.18. The molecule has 0 atom stereocenters. The minimum absolute atomic E-state index is 0.196. The number of ether oxygens (including phenoxy) is 3. The molecule has 16 heavy (non-hydrogen) atoms. The first-order valence-corrected chi connectivity index (χ1v) is 4.82. The molecule has 0 aliphatic heterocycles. The van der Waals surface area contributed by atoms with Crippen LogP contribution in [0.1, 0.15) is 0 Å². The first kappa shape index (κ1) is 12.1. The van der Waals surface area contributed by atoms with Crippen LogP contribution in [0.3, 0.4) is 0 Å². The zero-order valence-corrected chi connectivity index (χ0v) is 9.14. The summed E-state index contributed by atoms with van der Waals surface area (Å²) in [5.74, 6) is 0.948. The quantitative estimate of drug-likeness (QED) is 0.418. The largest absolute Gasteiger partial charge is 0.497 e. The summed E-state index contributed by atoms with van der Waals surface area (Å²) in [6, 6.07) is 7.21. The zero-order chi connectivity index (χ0) is 11.8. The topological polar surface area (TPSA) is 44.8 Å². The molecule has 0 aliphatic carbocycles. The molecule has 0 aliphatic rings. The summed E-state index contributed by atoms with van der Waals surface area (Å²) in [5, 5.41) is 0. The summed E-state index contributed by atoms with van der Waals surface area (Å²) in [6.45, 7) is 3.78. The Morgan fingerprint density at radius 3 is 2.81 bits per heavy atom. The van der Waals surface area contributed by atoms with E-state index < -0.39 is 5.97 Å². The Morgan fingerprint density at radius 2 is 2.12 bits per heavy atom. The van der Waals surface area contributed by atoms with Gasteiger partial charge in [-0.05, 0) is 12.1 Å². The Hall–Kier alpha value is -1.97. The highest BCUT2D eigenvalue weighted by molar-refractivity contribution is 5.81.